The third kappa shape index (κ3) is 4.10. The van der Waals surface area contributed by atoms with Crippen molar-refractivity contribution in [1.82, 2.24) is 4.57 Å². The fraction of sp³-hybridized carbons (Fsp3) is 0.0714. The molecule has 24 heavy (non-hydrogen) atoms. The third-order valence-electron chi connectivity index (χ3n) is 2.86. The van der Waals surface area contributed by atoms with Crippen LogP contribution in [0.2, 0.25) is 10.0 Å². The van der Waals surface area contributed by atoms with Gasteiger partial charge in [0.15, 0.2) is 0 Å². The van der Waals surface area contributed by atoms with Gasteiger partial charge in [0.1, 0.15) is 18.2 Å². The molecule has 0 spiro atoms. The summed E-state index contributed by atoms with van der Waals surface area (Å²) in [6, 6.07) is 6.79. The summed E-state index contributed by atoms with van der Waals surface area (Å²) in [5.74, 6) is -0.639. The van der Waals surface area contributed by atoms with Crippen LogP contribution in [0.4, 0.5) is 11.4 Å². The van der Waals surface area contributed by atoms with Gasteiger partial charge < -0.3 is 5.32 Å². The first-order valence-corrected chi connectivity index (χ1v) is 7.10. The van der Waals surface area contributed by atoms with Crippen LogP contribution in [0.25, 0.3) is 0 Å². The first-order valence-electron chi connectivity index (χ1n) is 6.35. The maximum absolute atomic E-state index is 12.0. The Balaban J connectivity index is 2.28. The lowest BCUT2D eigenvalue weighted by atomic mass is 10.2. The van der Waals surface area contributed by atoms with E-state index >= 15 is 0 Å². The number of amides is 1. The van der Waals surface area contributed by atoms with E-state index in [1.807, 2.05) is 0 Å². The van der Waals surface area contributed by atoms with E-state index in [9.17, 15) is 19.7 Å². The Hall–Kier alpha value is -2.89. The minimum absolute atomic E-state index is 0.302. The highest BCUT2D eigenvalue weighted by Gasteiger charge is 2.15. The van der Waals surface area contributed by atoms with Crippen LogP contribution >= 0.6 is 23.2 Å². The quantitative estimate of drug-likeness (QED) is 0.658. The zero-order valence-electron chi connectivity index (χ0n) is 11.8. The maximum atomic E-state index is 12.0. The minimum atomic E-state index is -0.803. The van der Waals surface area contributed by atoms with Crippen LogP contribution in [-0.4, -0.2) is 15.4 Å². The van der Waals surface area contributed by atoms with E-state index in [0.29, 0.717) is 15.7 Å². The predicted molar refractivity (Wildman–Crippen MR) is 87.2 cm³/mol. The zero-order valence-corrected chi connectivity index (χ0v) is 13.3. The number of nitriles is 1. The van der Waals surface area contributed by atoms with E-state index in [-0.39, 0.29) is 0 Å². The average Bonchev–Trinajstić information content (AvgIpc) is 2.47. The van der Waals surface area contributed by atoms with Crippen LogP contribution in [0.1, 0.15) is 5.56 Å². The van der Waals surface area contributed by atoms with Gasteiger partial charge in [0.25, 0.3) is 11.2 Å². The first-order chi connectivity index (χ1) is 11.3. The van der Waals surface area contributed by atoms with Crippen molar-refractivity contribution in [3.8, 4) is 6.07 Å². The molecule has 0 fully saturated rings. The van der Waals surface area contributed by atoms with Gasteiger partial charge in [0.2, 0.25) is 5.91 Å². The van der Waals surface area contributed by atoms with Gasteiger partial charge >= 0.3 is 0 Å². The molecule has 0 unspecified atom stereocenters. The van der Waals surface area contributed by atoms with Gasteiger partial charge in [-0.1, -0.05) is 23.2 Å². The average molecular weight is 367 g/mol. The second-order valence-electron chi connectivity index (χ2n) is 4.62. The number of nitrogens with zero attached hydrogens (tertiary/aromatic N) is 3. The van der Waals surface area contributed by atoms with Gasteiger partial charge in [-0.2, -0.15) is 5.26 Å². The largest absolute Gasteiger partial charge is 0.324 e. The number of pyridine rings is 1. The molecule has 0 radical (unpaired) electrons. The highest BCUT2D eigenvalue weighted by Crippen LogP contribution is 2.22. The number of hydrogen-bond donors (Lipinski definition) is 1. The number of carbonyl (C=O) groups excluding carboxylic acids is 1. The van der Waals surface area contributed by atoms with Crippen molar-refractivity contribution in [3.63, 3.8) is 0 Å². The van der Waals surface area contributed by atoms with E-state index in [1.165, 1.54) is 18.2 Å². The molecule has 122 valence electrons. The molecule has 2 rings (SSSR count). The van der Waals surface area contributed by atoms with Gasteiger partial charge in [-0.05, 0) is 18.2 Å². The van der Waals surface area contributed by atoms with E-state index in [2.05, 4.69) is 5.32 Å². The fourth-order valence-corrected chi connectivity index (χ4v) is 2.42. The molecule has 0 aliphatic heterocycles. The van der Waals surface area contributed by atoms with Crippen molar-refractivity contribution in [2.75, 3.05) is 5.32 Å². The van der Waals surface area contributed by atoms with Crippen molar-refractivity contribution < 1.29 is 9.72 Å². The molecular weight excluding hydrogens is 359 g/mol. The zero-order chi connectivity index (χ0) is 17.9. The van der Waals surface area contributed by atoms with Gasteiger partial charge in [0, 0.05) is 21.8 Å². The standard InChI is InChI=1S/C14H8Cl2N4O4/c15-9-2-10(16)4-11(3-9)18-13(21)7-19-6-12(20(23)24)1-8(5-17)14(19)22/h1-4,6H,7H2,(H,18,21). The van der Waals surface area contributed by atoms with E-state index in [0.717, 1.165) is 16.8 Å². The Labute approximate surface area is 145 Å². The molecule has 0 bridgehead atoms. The number of benzene rings is 1. The Morgan fingerprint density at radius 3 is 2.46 bits per heavy atom. The summed E-state index contributed by atoms with van der Waals surface area (Å²) in [4.78, 5) is 34.1. The second-order valence-corrected chi connectivity index (χ2v) is 5.49. The van der Waals surface area contributed by atoms with E-state index in [4.69, 9.17) is 28.5 Å². The lowest BCUT2D eigenvalue weighted by Gasteiger charge is -2.08. The summed E-state index contributed by atoms with van der Waals surface area (Å²) < 4.78 is 0.790. The molecular formula is C14H8Cl2N4O4. The SMILES string of the molecule is N#Cc1cc([N+](=O)[O-])cn(CC(=O)Nc2cc(Cl)cc(Cl)c2)c1=O. The molecule has 1 aromatic heterocycles. The molecule has 0 atom stereocenters. The number of nitrogens with one attached hydrogen (secondary N) is 1. The molecule has 10 heteroatoms. The van der Waals surface area contributed by atoms with Crippen LogP contribution in [0.5, 0.6) is 0 Å². The smallest absolute Gasteiger partial charge is 0.287 e. The molecule has 1 aromatic carbocycles. The number of halogens is 2. The normalized spacial score (nSPS) is 10.0. The number of anilines is 1. The summed E-state index contributed by atoms with van der Waals surface area (Å²) in [6.45, 7) is -0.515. The lowest BCUT2D eigenvalue weighted by molar-refractivity contribution is -0.385. The summed E-state index contributed by atoms with van der Waals surface area (Å²) in [5.41, 5.74) is -1.40. The summed E-state index contributed by atoms with van der Waals surface area (Å²) in [7, 11) is 0. The molecule has 0 aliphatic carbocycles. The molecule has 0 saturated carbocycles. The highest BCUT2D eigenvalue weighted by molar-refractivity contribution is 6.35. The van der Waals surface area contributed by atoms with Crippen LogP contribution in [0, 0.1) is 21.4 Å². The first kappa shape index (κ1) is 17.5. The summed E-state index contributed by atoms with van der Waals surface area (Å²) >= 11 is 11.6. The molecule has 2 aromatic rings. The molecule has 1 N–H and O–H groups in total. The van der Waals surface area contributed by atoms with Crippen molar-refractivity contribution >= 4 is 40.5 Å². The van der Waals surface area contributed by atoms with Gasteiger partial charge in [-0.15, -0.1) is 0 Å². The summed E-state index contributed by atoms with van der Waals surface area (Å²) in [5, 5.41) is 22.8. The monoisotopic (exact) mass is 366 g/mol. The number of rotatable bonds is 4. The predicted octanol–water partition coefficient (Wildman–Crippen LogP) is 2.57. The second kappa shape index (κ2) is 7.12. The van der Waals surface area contributed by atoms with E-state index < -0.39 is 34.2 Å². The minimum Gasteiger partial charge on any atom is -0.324 e. The Bertz CT molecular complexity index is 913. The van der Waals surface area contributed by atoms with E-state index in [1.54, 1.807) is 6.07 Å². The van der Waals surface area contributed by atoms with Crippen molar-refractivity contribution in [1.29, 1.82) is 5.26 Å². The lowest BCUT2D eigenvalue weighted by Crippen LogP contribution is -2.29. The van der Waals surface area contributed by atoms with Gasteiger partial charge in [0.05, 0.1) is 11.1 Å². The van der Waals surface area contributed by atoms with Crippen LogP contribution in [0.3, 0.4) is 0 Å². The number of hydrogen-bond acceptors (Lipinski definition) is 5. The molecule has 0 saturated heterocycles. The van der Waals surface area contributed by atoms with Gasteiger partial charge in [-0.3, -0.25) is 24.3 Å². The molecule has 8 nitrogen and oxygen atoms in total. The molecule has 1 amide bonds. The van der Waals surface area contributed by atoms with Crippen molar-refractivity contribution in [3.05, 3.63) is 66.5 Å². The van der Waals surface area contributed by atoms with Crippen LogP contribution in [0.15, 0.2) is 35.3 Å². The number of carbonyl (C=O) groups is 1. The highest BCUT2D eigenvalue weighted by atomic mass is 35.5. The van der Waals surface area contributed by atoms with Crippen molar-refractivity contribution in [2.24, 2.45) is 0 Å². The Morgan fingerprint density at radius 1 is 1.29 bits per heavy atom. The Morgan fingerprint density at radius 2 is 1.92 bits per heavy atom. The van der Waals surface area contributed by atoms with Crippen LogP contribution < -0.4 is 10.9 Å². The van der Waals surface area contributed by atoms with Crippen LogP contribution in [-0.2, 0) is 11.3 Å². The number of aromatic nitrogens is 1. The van der Waals surface area contributed by atoms with Gasteiger partial charge in [-0.25, -0.2) is 0 Å². The Kier molecular flexibility index (Phi) is 5.18. The number of nitro groups is 1. The molecule has 1 heterocycles. The van der Waals surface area contributed by atoms with Crippen molar-refractivity contribution in [2.45, 2.75) is 6.54 Å². The maximum Gasteiger partial charge on any atom is 0.287 e. The molecule has 0 aliphatic rings. The third-order valence-corrected chi connectivity index (χ3v) is 3.30. The summed E-state index contributed by atoms with van der Waals surface area (Å²) in [6.07, 6.45) is 0.897. The fourth-order valence-electron chi connectivity index (χ4n) is 1.90. The topological polar surface area (TPSA) is 118 Å².